The molecule has 0 spiro atoms. The van der Waals surface area contributed by atoms with E-state index in [1.165, 1.54) is 141 Å². The number of carbonyl (C=O) groups is 4. The molecule has 0 aromatic carbocycles. The van der Waals surface area contributed by atoms with Gasteiger partial charge in [-0.15, -0.1) is 0 Å². The van der Waals surface area contributed by atoms with Gasteiger partial charge in [0.15, 0.2) is 12.2 Å². The van der Waals surface area contributed by atoms with E-state index >= 15 is 0 Å². The first-order valence-electron chi connectivity index (χ1n) is 33.6. The Kier molecular flexibility index (Phi) is 56.4. The third kappa shape index (κ3) is 58.8. The Hall–Kier alpha value is -1.94. The zero-order valence-corrected chi connectivity index (χ0v) is 55.1. The molecule has 0 rings (SSSR count). The molecule has 0 radical (unpaired) electrons. The maximum Gasteiger partial charge on any atom is 0.472 e. The standard InChI is InChI=1S/C64H124O17P2/c1-6-9-12-15-18-21-23-24-25-29-35-40-45-50-64(69)81-60(54-75-62(67)48-43-38-33-30-26-27-31-36-41-46-57(4)5)56-79-83(72,73)77-52-58(65)51-76-82(70,71)78-55-59(53-74-61(66)47-42-37-32-20-17-14-11-8-3)80-63(68)49-44-39-34-28-22-19-16-13-10-7-2/h57-60,65H,6-56H2,1-5H3,(H,70,71)(H,72,73)/t58-,59+,60+/m0/s1. The van der Waals surface area contributed by atoms with Crippen molar-refractivity contribution in [1.29, 1.82) is 0 Å². The highest BCUT2D eigenvalue weighted by molar-refractivity contribution is 7.47. The van der Waals surface area contributed by atoms with Gasteiger partial charge in [-0.3, -0.25) is 37.3 Å². The Labute approximate surface area is 505 Å². The molecule has 83 heavy (non-hydrogen) atoms. The van der Waals surface area contributed by atoms with Crippen LogP contribution in [0.25, 0.3) is 0 Å². The summed E-state index contributed by atoms with van der Waals surface area (Å²) in [6.07, 6.45) is 41.6. The van der Waals surface area contributed by atoms with Crippen molar-refractivity contribution in [3.05, 3.63) is 0 Å². The molecule has 492 valence electrons. The monoisotopic (exact) mass is 1230 g/mol. The summed E-state index contributed by atoms with van der Waals surface area (Å²) in [5.41, 5.74) is 0. The maximum atomic E-state index is 13.0. The second-order valence-electron chi connectivity index (χ2n) is 23.6. The average Bonchev–Trinajstić information content (AvgIpc) is 3.47. The van der Waals surface area contributed by atoms with Gasteiger partial charge in [0, 0.05) is 25.7 Å². The minimum atomic E-state index is -4.94. The first-order chi connectivity index (χ1) is 40.0. The van der Waals surface area contributed by atoms with Crippen LogP contribution in [-0.2, 0) is 65.4 Å². The summed E-state index contributed by atoms with van der Waals surface area (Å²) in [7, 11) is -9.88. The normalized spacial score (nSPS) is 14.2. The van der Waals surface area contributed by atoms with Crippen LogP contribution in [0.2, 0.25) is 0 Å². The molecule has 5 atom stereocenters. The van der Waals surface area contributed by atoms with Gasteiger partial charge in [-0.2, -0.15) is 0 Å². The van der Waals surface area contributed by atoms with Crippen molar-refractivity contribution in [1.82, 2.24) is 0 Å². The second-order valence-corrected chi connectivity index (χ2v) is 26.5. The molecule has 19 heteroatoms. The van der Waals surface area contributed by atoms with E-state index in [1.54, 1.807) is 0 Å². The number of ether oxygens (including phenoxy) is 4. The van der Waals surface area contributed by atoms with E-state index in [4.69, 9.17) is 37.0 Å². The molecule has 0 aliphatic carbocycles. The van der Waals surface area contributed by atoms with E-state index in [9.17, 15) is 43.2 Å². The van der Waals surface area contributed by atoms with Crippen molar-refractivity contribution >= 4 is 39.5 Å². The van der Waals surface area contributed by atoms with Crippen molar-refractivity contribution < 1.29 is 80.2 Å². The number of unbranched alkanes of at least 4 members (excludes halogenated alkanes) is 36. The number of aliphatic hydroxyl groups excluding tert-OH is 1. The lowest BCUT2D eigenvalue weighted by atomic mass is 10.0. The fourth-order valence-corrected chi connectivity index (χ4v) is 11.2. The van der Waals surface area contributed by atoms with Crippen LogP contribution in [0.15, 0.2) is 0 Å². The van der Waals surface area contributed by atoms with Crippen LogP contribution in [0, 0.1) is 5.92 Å². The average molecular weight is 1230 g/mol. The van der Waals surface area contributed by atoms with Gasteiger partial charge in [0.2, 0.25) is 0 Å². The fourth-order valence-electron chi connectivity index (χ4n) is 9.58. The zero-order chi connectivity index (χ0) is 61.3. The van der Waals surface area contributed by atoms with E-state index in [0.717, 1.165) is 102 Å². The number of esters is 4. The second kappa shape index (κ2) is 57.8. The predicted octanol–water partition coefficient (Wildman–Crippen LogP) is 17.8. The Morgan fingerprint density at radius 3 is 0.819 bits per heavy atom. The number of carbonyl (C=O) groups excluding carboxylic acids is 4. The number of aliphatic hydroxyl groups is 1. The fraction of sp³-hybridized carbons (Fsp3) is 0.938. The molecule has 3 N–H and O–H groups in total. The third-order valence-electron chi connectivity index (χ3n) is 14.8. The van der Waals surface area contributed by atoms with Crippen LogP contribution in [0.4, 0.5) is 0 Å². The highest BCUT2D eigenvalue weighted by Crippen LogP contribution is 2.45. The minimum absolute atomic E-state index is 0.106. The summed E-state index contributed by atoms with van der Waals surface area (Å²) in [5.74, 6) is -1.39. The van der Waals surface area contributed by atoms with Gasteiger partial charge in [0.05, 0.1) is 26.4 Å². The molecule has 2 unspecified atom stereocenters. The lowest BCUT2D eigenvalue weighted by molar-refractivity contribution is -0.161. The summed E-state index contributed by atoms with van der Waals surface area (Å²) >= 11 is 0. The van der Waals surface area contributed by atoms with Gasteiger partial charge in [-0.25, -0.2) is 9.13 Å². The van der Waals surface area contributed by atoms with Crippen LogP contribution in [-0.4, -0.2) is 96.7 Å². The zero-order valence-electron chi connectivity index (χ0n) is 53.3. The number of hydrogen-bond acceptors (Lipinski definition) is 15. The number of phosphoric acid groups is 2. The van der Waals surface area contributed by atoms with Crippen LogP contribution < -0.4 is 0 Å². The Morgan fingerprint density at radius 1 is 0.325 bits per heavy atom. The molecule has 0 fully saturated rings. The molecular weight excluding hydrogens is 1100 g/mol. The van der Waals surface area contributed by atoms with Crippen LogP contribution in [0.1, 0.15) is 324 Å². The van der Waals surface area contributed by atoms with Crippen molar-refractivity contribution in [3.8, 4) is 0 Å². The molecule has 0 saturated carbocycles. The summed E-state index contributed by atoms with van der Waals surface area (Å²) < 4.78 is 67.9. The Bertz CT molecular complexity index is 1620. The van der Waals surface area contributed by atoms with Gasteiger partial charge in [0.25, 0.3) is 0 Å². The Balaban J connectivity index is 5.23. The number of hydrogen-bond donors (Lipinski definition) is 3. The predicted molar refractivity (Wildman–Crippen MR) is 331 cm³/mol. The van der Waals surface area contributed by atoms with E-state index in [-0.39, 0.29) is 25.7 Å². The van der Waals surface area contributed by atoms with Crippen LogP contribution in [0.5, 0.6) is 0 Å². The van der Waals surface area contributed by atoms with Gasteiger partial charge in [0.1, 0.15) is 19.3 Å². The Morgan fingerprint density at radius 2 is 0.554 bits per heavy atom. The SMILES string of the molecule is CCCCCCCCCCCCCCCC(=O)O[C@H](COC(=O)CCCCCCCCCCCC(C)C)COP(=O)(O)OC[C@@H](O)COP(=O)(O)OC[C@@H](COC(=O)CCCCCCCCCC)OC(=O)CCCCCCCCCCCC. The molecule has 0 aromatic rings. The molecule has 0 bridgehead atoms. The van der Waals surface area contributed by atoms with E-state index in [2.05, 4.69) is 34.6 Å². The summed E-state index contributed by atoms with van der Waals surface area (Å²) in [6.45, 7) is 7.15. The van der Waals surface area contributed by atoms with Crippen LogP contribution >= 0.6 is 15.6 Å². The van der Waals surface area contributed by atoms with Gasteiger partial charge < -0.3 is 33.8 Å². The van der Waals surface area contributed by atoms with Crippen molar-refractivity contribution in [2.24, 2.45) is 5.92 Å². The molecule has 0 amide bonds. The topological polar surface area (TPSA) is 237 Å². The highest BCUT2D eigenvalue weighted by atomic mass is 31.2. The van der Waals surface area contributed by atoms with E-state index < -0.39 is 97.5 Å². The van der Waals surface area contributed by atoms with E-state index in [0.29, 0.717) is 25.7 Å². The quantitative estimate of drug-likeness (QED) is 0.0222. The molecule has 17 nitrogen and oxygen atoms in total. The summed E-state index contributed by atoms with van der Waals surface area (Å²) in [4.78, 5) is 72.1. The minimum Gasteiger partial charge on any atom is -0.462 e. The van der Waals surface area contributed by atoms with E-state index in [1.807, 2.05) is 0 Å². The molecule has 0 aliphatic heterocycles. The summed E-state index contributed by atoms with van der Waals surface area (Å²) in [5, 5.41) is 10.5. The van der Waals surface area contributed by atoms with Crippen LogP contribution in [0.3, 0.4) is 0 Å². The first kappa shape index (κ1) is 81.1. The lowest BCUT2D eigenvalue weighted by Crippen LogP contribution is -2.30. The maximum absolute atomic E-state index is 13.0. The number of phosphoric ester groups is 2. The molecule has 0 saturated heterocycles. The number of rotatable bonds is 64. The first-order valence-corrected chi connectivity index (χ1v) is 36.6. The molecule has 0 aromatic heterocycles. The largest absolute Gasteiger partial charge is 0.472 e. The third-order valence-corrected chi connectivity index (χ3v) is 16.7. The van der Waals surface area contributed by atoms with Gasteiger partial charge in [-0.1, -0.05) is 272 Å². The molecule has 0 aliphatic rings. The molecule has 0 heterocycles. The smallest absolute Gasteiger partial charge is 0.462 e. The van der Waals surface area contributed by atoms with Crippen molar-refractivity contribution in [2.75, 3.05) is 39.6 Å². The summed E-state index contributed by atoms with van der Waals surface area (Å²) in [6, 6.07) is 0. The van der Waals surface area contributed by atoms with Gasteiger partial charge in [-0.05, 0) is 31.6 Å². The lowest BCUT2D eigenvalue weighted by Gasteiger charge is -2.21. The van der Waals surface area contributed by atoms with Crippen molar-refractivity contribution in [2.45, 2.75) is 342 Å². The van der Waals surface area contributed by atoms with Crippen molar-refractivity contribution in [3.63, 3.8) is 0 Å². The molecular formula is C64H124O17P2. The highest BCUT2D eigenvalue weighted by Gasteiger charge is 2.30. The van der Waals surface area contributed by atoms with Gasteiger partial charge >= 0.3 is 39.5 Å².